The monoisotopic (exact) mass is 515 g/mol. The normalized spacial score (nSPS) is 15.4. The van der Waals surface area contributed by atoms with Gasteiger partial charge < -0.3 is 4.74 Å². The molecule has 0 saturated carbocycles. The van der Waals surface area contributed by atoms with Gasteiger partial charge in [-0.2, -0.15) is 5.10 Å². The van der Waals surface area contributed by atoms with E-state index < -0.39 is 10.0 Å². The Bertz CT molecular complexity index is 1340. The molecule has 1 fully saturated rings. The lowest BCUT2D eigenvalue weighted by Gasteiger charge is -2.26. The second-order valence-corrected chi connectivity index (χ2v) is 10.4. The first-order chi connectivity index (χ1) is 15.5. The molecule has 1 aromatic carbocycles. The van der Waals surface area contributed by atoms with Gasteiger partial charge in [0.15, 0.2) is 5.65 Å². The van der Waals surface area contributed by atoms with Gasteiger partial charge in [-0.05, 0) is 34.1 Å². The van der Waals surface area contributed by atoms with Gasteiger partial charge in [-0.25, -0.2) is 17.4 Å². The summed E-state index contributed by atoms with van der Waals surface area (Å²) in [4.78, 5) is 6.98. The first kappa shape index (κ1) is 21.3. The quantitative estimate of drug-likeness (QED) is 0.392. The van der Waals surface area contributed by atoms with Gasteiger partial charge in [-0.15, -0.1) is 0 Å². The molecular weight excluding hydrogens is 494 g/mol. The number of fused-ring (bicyclic) bond motifs is 1. The molecule has 166 valence electrons. The predicted molar refractivity (Wildman–Crippen MR) is 125 cm³/mol. The fraction of sp³-hybridized carbons (Fsp3) is 0.273. The minimum Gasteiger partial charge on any atom is -0.379 e. The van der Waals surface area contributed by atoms with Crippen LogP contribution in [-0.2, 0) is 21.3 Å². The van der Waals surface area contributed by atoms with E-state index in [9.17, 15) is 8.42 Å². The molecule has 0 bridgehead atoms. The van der Waals surface area contributed by atoms with Crippen molar-refractivity contribution in [3.8, 4) is 11.1 Å². The van der Waals surface area contributed by atoms with Crippen molar-refractivity contribution in [2.24, 2.45) is 0 Å². The zero-order valence-corrected chi connectivity index (χ0v) is 19.7. The fourth-order valence-corrected chi connectivity index (χ4v) is 5.54. The van der Waals surface area contributed by atoms with Gasteiger partial charge >= 0.3 is 0 Å². The number of nitrogens with zero attached hydrogens (tertiary/aromatic N) is 5. The van der Waals surface area contributed by atoms with E-state index in [-0.39, 0.29) is 4.90 Å². The highest BCUT2D eigenvalue weighted by Gasteiger charge is 2.23. The average molecular weight is 516 g/mol. The Labute approximate surface area is 194 Å². The molecule has 0 aliphatic carbocycles. The SMILES string of the molecule is O=S(=O)(c1ccccc1)n1cc(-c2cnn(CCN3CCOCC3)c2)c2cc(Br)cnc21. The zero-order chi connectivity index (χ0) is 22.1. The molecule has 3 aromatic heterocycles. The van der Waals surface area contributed by atoms with Crippen molar-refractivity contribution in [2.45, 2.75) is 11.4 Å². The van der Waals surface area contributed by atoms with Crippen molar-refractivity contribution < 1.29 is 13.2 Å². The van der Waals surface area contributed by atoms with E-state index >= 15 is 0 Å². The maximum absolute atomic E-state index is 13.3. The van der Waals surface area contributed by atoms with E-state index in [0.717, 1.165) is 60.4 Å². The van der Waals surface area contributed by atoms with Gasteiger partial charge in [0.2, 0.25) is 0 Å². The molecular formula is C22H22BrN5O3S. The number of aromatic nitrogens is 4. The minimum atomic E-state index is -3.79. The van der Waals surface area contributed by atoms with Crippen LogP contribution in [-0.4, -0.2) is 64.9 Å². The molecule has 5 rings (SSSR count). The van der Waals surface area contributed by atoms with Crippen LogP contribution >= 0.6 is 15.9 Å². The minimum absolute atomic E-state index is 0.217. The summed E-state index contributed by atoms with van der Waals surface area (Å²) in [6, 6.07) is 10.3. The molecule has 0 atom stereocenters. The summed E-state index contributed by atoms with van der Waals surface area (Å²) >= 11 is 3.46. The summed E-state index contributed by atoms with van der Waals surface area (Å²) in [6.07, 6.45) is 6.97. The second-order valence-electron chi connectivity index (χ2n) is 7.63. The van der Waals surface area contributed by atoms with Crippen molar-refractivity contribution in [1.82, 2.24) is 23.6 Å². The predicted octanol–water partition coefficient (Wildman–Crippen LogP) is 3.23. The molecule has 4 heterocycles. The Morgan fingerprint density at radius 2 is 1.81 bits per heavy atom. The zero-order valence-electron chi connectivity index (χ0n) is 17.3. The number of ether oxygens (including phenoxy) is 1. The molecule has 0 amide bonds. The highest BCUT2D eigenvalue weighted by molar-refractivity contribution is 9.10. The molecule has 1 saturated heterocycles. The molecule has 1 aliphatic rings. The maximum Gasteiger partial charge on any atom is 0.269 e. The molecule has 0 radical (unpaired) electrons. The van der Waals surface area contributed by atoms with Crippen molar-refractivity contribution in [3.63, 3.8) is 0 Å². The Hall–Kier alpha value is -2.53. The highest BCUT2D eigenvalue weighted by atomic mass is 79.9. The van der Waals surface area contributed by atoms with Crippen LogP contribution in [0.15, 0.2) is 70.6 Å². The van der Waals surface area contributed by atoms with E-state index in [1.165, 1.54) is 3.97 Å². The fourth-order valence-electron chi connectivity index (χ4n) is 3.87. The van der Waals surface area contributed by atoms with E-state index in [4.69, 9.17) is 4.74 Å². The van der Waals surface area contributed by atoms with Crippen LogP contribution in [0.5, 0.6) is 0 Å². The number of rotatable bonds is 6. The number of morpholine rings is 1. The first-order valence-electron chi connectivity index (χ1n) is 10.3. The van der Waals surface area contributed by atoms with Crippen LogP contribution in [0.3, 0.4) is 0 Å². The number of hydrogen-bond donors (Lipinski definition) is 0. The van der Waals surface area contributed by atoms with Crippen molar-refractivity contribution in [2.75, 3.05) is 32.8 Å². The van der Waals surface area contributed by atoms with Crippen LogP contribution in [0.4, 0.5) is 0 Å². The lowest BCUT2D eigenvalue weighted by Crippen LogP contribution is -2.38. The largest absolute Gasteiger partial charge is 0.379 e. The standard InChI is InChI=1S/C22H22BrN5O3S/c23-18-12-20-21(17-13-25-27(15-17)7-6-26-8-10-31-11-9-26)16-28(22(20)24-14-18)32(29,30)19-4-2-1-3-5-19/h1-5,12-16H,6-11H2. The third-order valence-electron chi connectivity index (χ3n) is 5.57. The van der Waals surface area contributed by atoms with Crippen LogP contribution < -0.4 is 0 Å². The van der Waals surface area contributed by atoms with Crippen molar-refractivity contribution >= 4 is 37.0 Å². The summed E-state index contributed by atoms with van der Waals surface area (Å²) in [5, 5.41) is 5.25. The molecule has 4 aromatic rings. The lowest BCUT2D eigenvalue weighted by atomic mass is 10.1. The number of halogens is 1. The summed E-state index contributed by atoms with van der Waals surface area (Å²) in [5.41, 5.74) is 2.00. The van der Waals surface area contributed by atoms with Crippen molar-refractivity contribution in [3.05, 3.63) is 65.7 Å². The molecule has 10 heteroatoms. The molecule has 8 nitrogen and oxygen atoms in total. The smallest absolute Gasteiger partial charge is 0.269 e. The van der Waals surface area contributed by atoms with Crippen molar-refractivity contribution in [1.29, 1.82) is 0 Å². The highest BCUT2D eigenvalue weighted by Crippen LogP contribution is 2.33. The topological polar surface area (TPSA) is 82.2 Å². The van der Waals surface area contributed by atoms with Gasteiger partial charge in [0.1, 0.15) is 0 Å². The van der Waals surface area contributed by atoms with Gasteiger partial charge in [-0.1, -0.05) is 18.2 Å². The third kappa shape index (κ3) is 4.11. The summed E-state index contributed by atoms with van der Waals surface area (Å²) in [7, 11) is -3.79. The second kappa shape index (κ2) is 8.78. The van der Waals surface area contributed by atoms with Gasteiger partial charge in [-0.3, -0.25) is 9.58 Å². The maximum atomic E-state index is 13.3. The van der Waals surface area contributed by atoms with Gasteiger partial charge in [0.05, 0.1) is 30.9 Å². The van der Waals surface area contributed by atoms with Crippen LogP contribution in [0.25, 0.3) is 22.2 Å². The van der Waals surface area contributed by atoms with E-state index in [1.807, 2.05) is 16.9 Å². The first-order valence-corrected chi connectivity index (χ1v) is 12.6. The Morgan fingerprint density at radius 3 is 2.59 bits per heavy atom. The molecule has 0 N–H and O–H groups in total. The number of pyridine rings is 1. The van der Waals surface area contributed by atoms with E-state index in [1.54, 1.807) is 48.9 Å². The summed E-state index contributed by atoms with van der Waals surface area (Å²) in [5.74, 6) is 0. The Balaban J connectivity index is 1.51. The van der Waals surface area contributed by atoms with Crippen LogP contribution in [0.2, 0.25) is 0 Å². The molecule has 0 unspecified atom stereocenters. The summed E-state index contributed by atoms with van der Waals surface area (Å²) in [6.45, 7) is 5.03. The number of benzene rings is 1. The Kier molecular flexibility index (Phi) is 5.85. The third-order valence-corrected chi connectivity index (χ3v) is 7.67. The molecule has 1 aliphatic heterocycles. The van der Waals surface area contributed by atoms with Crippen LogP contribution in [0, 0.1) is 0 Å². The Morgan fingerprint density at radius 1 is 1.03 bits per heavy atom. The number of hydrogen-bond acceptors (Lipinski definition) is 6. The van der Waals surface area contributed by atoms with Crippen LogP contribution in [0.1, 0.15) is 0 Å². The summed E-state index contributed by atoms with van der Waals surface area (Å²) < 4.78 is 36.0. The average Bonchev–Trinajstić information content (AvgIpc) is 3.43. The van der Waals surface area contributed by atoms with Gasteiger partial charge in [0.25, 0.3) is 10.0 Å². The molecule has 32 heavy (non-hydrogen) atoms. The van der Waals surface area contributed by atoms with Gasteiger partial charge in [0, 0.05) is 59.2 Å². The molecule has 0 spiro atoms. The lowest BCUT2D eigenvalue weighted by molar-refractivity contribution is 0.0360. The van der Waals surface area contributed by atoms with E-state index in [2.05, 4.69) is 30.9 Å². The van der Waals surface area contributed by atoms with E-state index in [0.29, 0.717) is 5.65 Å².